The Morgan fingerprint density at radius 1 is 1.50 bits per heavy atom. The maximum Gasteiger partial charge on any atom is 0.0992 e. The number of nitrogens with zero attached hydrogens (tertiary/aromatic N) is 3. The highest BCUT2D eigenvalue weighted by Gasteiger charge is 2.09. The summed E-state index contributed by atoms with van der Waals surface area (Å²) in [5, 5.41) is 16.9. The summed E-state index contributed by atoms with van der Waals surface area (Å²) in [4.78, 5) is 0. The molecule has 0 saturated carbocycles. The molecule has 0 spiro atoms. The first kappa shape index (κ1) is 12.5. The van der Waals surface area contributed by atoms with Gasteiger partial charge in [0.2, 0.25) is 0 Å². The van der Waals surface area contributed by atoms with Crippen molar-refractivity contribution in [2.75, 3.05) is 5.32 Å². The molecular formula is C13H13ClN4. The van der Waals surface area contributed by atoms with Gasteiger partial charge in [0.25, 0.3) is 0 Å². The molecular weight excluding hydrogens is 248 g/mol. The number of anilines is 1. The van der Waals surface area contributed by atoms with Crippen LogP contribution < -0.4 is 5.32 Å². The minimum atomic E-state index is 0.0742. The van der Waals surface area contributed by atoms with Gasteiger partial charge in [-0.25, -0.2) is 0 Å². The number of halogens is 1. The lowest BCUT2D eigenvalue weighted by Gasteiger charge is -2.15. The second kappa shape index (κ2) is 5.11. The highest BCUT2D eigenvalue weighted by atomic mass is 35.5. The fourth-order valence-electron chi connectivity index (χ4n) is 1.69. The van der Waals surface area contributed by atoms with Crippen LogP contribution in [0.2, 0.25) is 5.02 Å². The molecule has 0 amide bonds. The summed E-state index contributed by atoms with van der Waals surface area (Å²) in [6, 6.07) is 7.33. The Bertz CT molecular complexity index is 597. The van der Waals surface area contributed by atoms with Gasteiger partial charge in [0.15, 0.2) is 0 Å². The highest BCUT2D eigenvalue weighted by Crippen LogP contribution is 2.26. The molecule has 0 aliphatic heterocycles. The fraction of sp³-hybridized carbons (Fsp3) is 0.231. The molecule has 1 atom stereocenters. The second-order valence-electron chi connectivity index (χ2n) is 4.12. The molecule has 1 heterocycles. The smallest absolute Gasteiger partial charge is 0.0992 e. The van der Waals surface area contributed by atoms with Crippen LogP contribution in [0.3, 0.4) is 0 Å². The molecule has 18 heavy (non-hydrogen) atoms. The summed E-state index contributed by atoms with van der Waals surface area (Å²) in [5.41, 5.74) is 2.41. The summed E-state index contributed by atoms with van der Waals surface area (Å²) in [5.74, 6) is 0. The first-order valence-electron chi connectivity index (χ1n) is 5.55. The van der Waals surface area contributed by atoms with E-state index in [1.54, 1.807) is 29.1 Å². The summed E-state index contributed by atoms with van der Waals surface area (Å²) in [6.07, 6.45) is 3.75. The second-order valence-corrected chi connectivity index (χ2v) is 4.53. The van der Waals surface area contributed by atoms with Crippen LogP contribution >= 0.6 is 11.6 Å². The first-order valence-corrected chi connectivity index (χ1v) is 5.92. The molecule has 4 nitrogen and oxygen atoms in total. The largest absolute Gasteiger partial charge is 0.377 e. The average Bonchev–Trinajstić information content (AvgIpc) is 2.79. The molecule has 2 rings (SSSR count). The van der Waals surface area contributed by atoms with Crippen molar-refractivity contribution in [2.24, 2.45) is 7.05 Å². The van der Waals surface area contributed by atoms with Gasteiger partial charge in [0.1, 0.15) is 0 Å². The molecule has 0 radical (unpaired) electrons. The molecule has 1 aromatic heterocycles. The van der Waals surface area contributed by atoms with Gasteiger partial charge in [-0.1, -0.05) is 11.6 Å². The predicted molar refractivity (Wildman–Crippen MR) is 71.4 cm³/mol. The Balaban J connectivity index is 2.21. The summed E-state index contributed by atoms with van der Waals surface area (Å²) in [6.45, 7) is 2.02. The van der Waals surface area contributed by atoms with E-state index in [0.29, 0.717) is 10.6 Å². The minimum absolute atomic E-state index is 0.0742. The van der Waals surface area contributed by atoms with Crippen LogP contribution in [0.4, 0.5) is 5.69 Å². The van der Waals surface area contributed by atoms with Gasteiger partial charge >= 0.3 is 0 Å². The maximum absolute atomic E-state index is 8.87. The van der Waals surface area contributed by atoms with E-state index >= 15 is 0 Å². The van der Waals surface area contributed by atoms with E-state index in [-0.39, 0.29) is 6.04 Å². The van der Waals surface area contributed by atoms with E-state index in [4.69, 9.17) is 16.9 Å². The van der Waals surface area contributed by atoms with Crippen LogP contribution in [0.15, 0.2) is 30.6 Å². The van der Waals surface area contributed by atoms with E-state index in [9.17, 15) is 0 Å². The Labute approximate surface area is 111 Å². The lowest BCUT2D eigenvalue weighted by atomic mass is 10.1. The topological polar surface area (TPSA) is 53.6 Å². The average molecular weight is 261 g/mol. The van der Waals surface area contributed by atoms with Gasteiger partial charge in [-0.3, -0.25) is 4.68 Å². The van der Waals surface area contributed by atoms with Crippen molar-refractivity contribution in [2.45, 2.75) is 13.0 Å². The van der Waals surface area contributed by atoms with Gasteiger partial charge < -0.3 is 5.32 Å². The number of aromatic nitrogens is 2. The standard InChI is InChI=1S/C13H13ClN4/c1-9(11-7-16-18(2)8-11)17-13-5-10(6-15)3-4-12(13)14/h3-5,7-9,17H,1-2H3. The number of rotatable bonds is 3. The molecule has 0 fully saturated rings. The molecule has 0 saturated heterocycles. The van der Waals surface area contributed by atoms with Gasteiger partial charge in [-0.15, -0.1) is 0 Å². The minimum Gasteiger partial charge on any atom is -0.377 e. The summed E-state index contributed by atoms with van der Waals surface area (Å²) < 4.78 is 1.75. The highest BCUT2D eigenvalue weighted by molar-refractivity contribution is 6.33. The number of aryl methyl sites for hydroxylation is 1. The normalized spacial score (nSPS) is 11.9. The maximum atomic E-state index is 8.87. The van der Waals surface area contributed by atoms with E-state index in [1.807, 2.05) is 20.2 Å². The van der Waals surface area contributed by atoms with Gasteiger partial charge in [0.05, 0.1) is 34.6 Å². The van der Waals surface area contributed by atoms with Crippen molar-refractivity contribution >= 4 is 17.3 Å². The van der Waals surface area contributed by atoms with Crippen molar-refractivity contribution < 1.29 is 0 Å². The molecule has 1 N–H and O–H groups in total. The zero-order valence-electron chi connectivity index (χ0n) is 10.2. The van der Waals surface area contributed by atoms with Gasteiger partial charge in [-0.2, -0.15) is 10.4 Å². The van der Waals surface area contributed by atoms with Crippen molar-refractivity contribution in [1.29, 1.82) is 5.26 Å². The van der Waals surface area contributed by atoms with E-state index in [1.165, 1.54) is 0 Å². The van der Waals surface area contributed by atoms with E-state index in [2.05, 4.69) is 16.5 Å². The molecule has 2 aromatic rings. The zero-order chi connectivity index (χ0) is 13.1. The van der Waals surface area contributed by atoms with Crippen LogP contribution in [0.1, 0.15) is 24.1 Å². The van der Waals surface area contributed by atoms with Crippen molar-refractivity contribution in [3.63, 3.8) is 0 Å². The lowest BCUT2D eigenvalue weighted by molar-refractivity contribution is 0.765. The molecule has 5 heteroatoms. The molecule has 0 bridgehead atoms. The number of nitrogens with one attached hydrogen (secondary N) is 1. The Kier molecular flexibility index (Phi) is 3.54. The quantitative estimate of drug-likeness (QED) is 0.923. The van der Waals surface area contributed by atoms with Crippen molar-refractivity contribution in [3.05, 3.63) is 46.7 Å². The van der Waals surface area contributed by atoms with E-state index in [0.717, 1.165) is 11.3 Å². The van der Waals surface area contributed by atoms with Crippen LogP contribution in [-0.4, -0.2) is 9.78 Å². The third-order valence-electron chi connectivity index (χ3n) is 2.69. The molecule has 1 unspecified atom stereocenters. The SMILES string of the molecule is CC(Nc1cc(C#N)ccc1Cl)c1cnn(C)c1. The van der Waals surface area contributed by atoms with Crippen LogP contribution in [0, 0.1) is 11.3 Å². The van der Waals surface area contributed by atoms with Gasteiger partial charge in [-0.05, 0) is 25.1 Å². The van der Waals surface area contributed by atoms with Crippen LogP contribution in [-0.2, 0) is 7.05 Å². The van der Waals surface area contributed by atoms with Crippen LogP contribution in [0.25, 0.3) is 0 Å². The molecule has 0 aliphatic rings. The monoisotopic (exact) mass is 260 g/mol. The Hall–Kier alpha value is -1.99. The molecule has 1 aromatic carbocycles. The number of hydrogen-bond acceptors (Lipinski definition) is 3. The van der Waals surface area contributed by atoms with Crippen molar-refractivity contribution in [1.82, 2.24) is 9.78 Å². The van der Waals surface area contributed by atoms with Crippen LogP contribution in [0.5, 0.6) is 0 Å². The summed E-state index contributed by atoms with van der Waals surface area (Å²) in [7, 11) is 1.87. The molecule has 92 valence electrons. The predicted octanol–water partition coefficient (Wildman–Crippen LogP) is 3.12. The Morgan fingerprint density at radius 2 is 2.28 bits per heavy atom. The van der Waals surface area contributed by atoms with Gasteiger partial charge in [0, 0.05) is 18.8 Å². The third kappa shape index (κ3) is 2.63. The third-order valence-corrected chi connectivity index (χ3v) is 3.02. The molecule has 0 aliphatic carbocycles. The lowest BCUT2D eigenvalue weighted by Crippen LogP contribution is -2.06. The number of benzene rings is 1. The van der Waals surface area contributed by atoms with Crippen molar-refractivity contribution in [3.8, 4) is 6.07 Å². The number of nitriles is 1. The first-order chi connectivity index (χ1) is 8.60. The zero-order valence-corrected chi connectivity index (χ0v) is 10.9. The number of hydrogen-bond donors (Lipinski definition) is 1. The van der Waals surface area contributed by atoms with E-state index < -0.39 is 0 Å². The Morgan fingerprint density at radius 3 is 2.89 bits per heavy atom. The summed E-state index contributed by atoms with van der Waals surface area (Å²) >= 11 is 6.10. The fourth-order valence-corrected chi connectivity index (χ4v) is 1.86.